The second-order valence-corrected chi connectivity index (χ2v) is 7.16. The number of fused-ring (bicyclic) bond motifs is 1. The molecule has 2 amide bonds. The number of hydrogen-bond acceptors (Lipinski definition) is 3. The van der Waals surface area contributed by atoms with Crippen LogP contribution in [0.5, 0.6) is 0 Å². The highest BCUT2D eigenvalue weighted by Gasteiger charge is 2.27. The predicted molar refractivity (Wildman–Crippen MR) is 110 cm³/mol. The average Bonchev–Trinajstić information content (AvgIpc) is 2.68. The molecule has 0 saturated carbocycles. The van der Waals surface area contributed by atoms with E-state index in [1.165, 1.54) is 24.3 Å². The molecule has 1 atom stereocenters. The molecule has 0 fully saturated rings. The van der Waals surface area contributed by atoms with Crippen molar-refractivity contribution in [3.63, 3.8) is 0 Å². The summed E-state index contributed by atoms with van der Waals surface area (Å²) in [4.78, 5) is 25.1. The van der Waals surface area contributed by atoms with E-state index >= 15 is 0 Å². The van der Waals surface area contributed by atoms with Crippen molar-refractivity contribution in [3.05, 3.63) is 64.7 Å². The van der Waals surface area contributed by atoms with Gasteiger partial charge in [0.2, 0.25) is 5.91 Å². The van der Waals surface area contributed by atoms with Crippen LogP contribution < -0.4 is 16.0 Å². The normalized spacial score (nSPS) is 13.8. The Hall–Kier alpha value is -2.51. The van der Waals surface area contributed by atoms with Crippen LogP contribution in [0, 0.1) is 17.6 Å². The third-order valence-electron chi connectivity index (χ3n) is 4.82. The van der Waals surface area contributed by atoms with Gasteiger partial charge in [-0.05, 0) is 48.2 Å². The van der Waals surface area contributed by atoms with Crippen LogP contribution >= 0.6 is 12.4 Å². The van der Waals surface area contributed by atoms with Crippen LogP contribution in [0.3, 0.4) is 0 Å². The molecule has 0 bridgehead atoms. The molecule has 0 aliphatic carbocycles. The number of nitrogens with one attached hydrogen (secondary N) is 3. The maximum atomic E-state index is 14.8. The van der Waals surface area contributed by atoms with E-state index in [-0.39, 0.29) is 29.6 Å². The third kappa shape index (κ3) is 5.10. The highest BCUT2D eigenvalue weighted by Crippen LogP contribution is 2.25. The zero-order valence-electron chi connectivity index (χ0n) is 16.2. The van der Waals surface area contributed by atoms with Gasteiger partial charge < -0.3 is 16.0 Å². The zero-order chi connectivity index (χ0) is 20.3. The number of carbonyl (C=O) groups excluding carboxylic acids is 2. The van der Waals surface area contributed by atoms with E-state index < -0.39 is 29.5 Å². The minimum Gasteiger partial charge on any atom is -0.340 e. The lowest BCUT2D eigenvalue weighted by Crippen LogP contribution is -2.47. The topological polar surface area (TPSA) is 70.2 Å². The van der Waals surface area contributed by atoms with E-state index in [4.69, 9.17) is 0 Å². The van der Waals surface area contributed by atoms with Crippen LogP contribution in [0.2, 0.25) is 0 Å². The third-order valence-corrected chi connectivity index (χ3v) is 4.82. The van der Waals surface area contributed by atoms with Gasteiger partial charge in [0.1, 0.15) is 17.7 Å². The largest absolute Gasteiger partial charge is 0.340 e. The highest BCUT2D eigenvalue weighted by atomic mass is 35.5. The molecule has 2 aromatic rings. The molecule has 156 valence electrons. The lowest BCUT2D eigenvalue weighted by atomic mass is 9.98. The number of benzene rings is 2. The first-order valence-corrected chi connectivity index (χ1v) is 9.25. The molecule has 1 aliphatic heterocycles. The summed E-state index contributed by atoms with van der Waals surface area (Å²) >= 11 is 0. The van der Waals surface area contributed by atoms with Crippen molar-refractivity contribution in [2.24, 2.45) is 5.92 Å². The summed E-state index contributed by atoms with van der Waals surface area (Å²) < 4.78 is 28.6. The summed E-state index contributed by atoms with van der Waals surface area (Å²) in [6, 6.07) is 7.91. The molecule has 3 N–H and O–H groups in total. The van der Waals surface area contributed by atoms with E-state index in [0.29, 0.717) is 25.1 Å². The molecule has 5 nitrogen and oxygen atoms in total. The number of hydrogen-bond donors (Lipinski definition) is 3. The molecule has 8 heteroatoms. The van der Waals surface area contributed by atoms with Crippen molar-refractivity contribution in [2.45, 2.75) is 32.9 Å². The van der Waals surface area contributed by atoms with Gasteiger partial charge in [0.15, 0.2) is 0 Å². The average molecular weight is 424 g/mol. The van der Waals surface area contributed by atoms with Gasteiger partial charge in [0, 0.05) is 6.54 Å². The van der Waals surface area contributed by atoms with Gasteiger partial charge >= 0.3 is 0 Å². The van der Waals surface area contributed by atoms with Crippen molar-refractivity contribution in [2.75, 3.05) is 11.9 Å². The second kappa shape index (κ2) is 9.80. The summed E-state index contributed by atoms with van der Waals surface area (Å²) in [6.07, 6.45) is 0.544. The standard InChI is InChI=1S/C21H23F2N3O2.ClH/c1-12(2)19(26-20(27)15-5-3-4-6-16(15)22)21(28)25-17-8-7-13-11-24-10-9-14(13)18(17)23;/h3-8,12,19,24H,9-11H2,1-2H3,(H,25,28)(H,26,27);1H. The van der Waals surface area contributed by atoms with E-state index in [0.717, 1.165) is 5.56 Å². The fourth-order valence-corrected chi connectivity index (χ4v) is 3.24. The van der Waals surface area contributed by atoms with Gasteiger partial charge in [-0.25, -0.2) is 8.78 Å². The molecule has 1 aliphatic rings. The van der Waals surface area contributed by atoms with Crippen LogP contribution in [0.15, 0.2) is 36.4 Å². The van der Waals surface area contributed by atoms with Gasteiger partial charge in [0.25, 0.3) is 5.91 Å². The number of carbonyl (C=O) groups is 2. The van der Waals surface area contributed by atoms with Crippen LogP contribution in [0.1, 0.15) is 35.3 Å². The Morgan fingerprint density at radius 2 is 1.83 bits per heavy atom. The Morgan fingerprint density at radius 1 is 1.10 bits per heavy atom. The molecule has 0 saturated heterocycles. The number of rotatable bonds is 5. The Morgan fingerprint density at radius 3 is 2.52 bits per heavy atom. The first-order valence-electron chi connectivity index (χ1n) is 9.25. The number of amides is 2. The summed E-state index contributed by atoms with van der Waals surface area (Å²) in [5.41, 5.74) is 1.40. The van der Waals surface area contributed by atoms with Crippen molar-refractivity contribution < 1.29 is 18.4 Å². The molecular weight excluding hydrogens is 400 g/mol. The number of halogens is 3. The quantitative estimate of drug-likeness (QED) is 0.690. The summed E-state index contributed by atoms with van der Waals surface area (Å²) in [5, 5.41) is 8.29. The minimum atomic E-state index is -0.941. The molecule has 29 heavy (non-hydrogen) atoms. The smallest absolute Gasteiger partial charge is 0.254 e. The van der Waals surface area contributed by atoms with Crippen LogP contribution in [0.25, 0.3) is 0 Å². The fourth-order valence-electron chi connectivity index (χ4n) is 3.24. The van der Waals surface area contributed by atoms with Crippen molar-refractivity contribution in [3.8, 4) is 0 Å². The summed E-state index contributed by atoms with van der Waals surface area (Å²) in [6.45, 7) is 4.77. The Bertz CT molecular complexity index is 905. The molecule has 2 aromatic carbocycles. The first-order chi connectivity index (χ1) is 13.4. The predicted octanol–water partition coefficient (Wildman–Crippen LogP) is 3.43. The van der Waals surface area contributed by atoms with Crippen LogP contribution in [0.4, 0.5) is 14.5 Å². The minimum absolute atomic E-state index is 0. The Balaban J connectivity index is 0.00000300. The van der Waals surface area contributed by atoms with Crippen LogP contribution in [-0.2, 0) is 17.8 Å². The second-order valence-electron chi connectivity index (χ2n) is 7.16. The molecule has 1 heterocycles. The van der Waals surface area contributed by atoms with Gasteiger partial charge in [-0.1, -0.05) is 32.0 Å². The SMILES string of the molecule is CC(C)C(NC(=O)c1ccccc1F)C(=O)Nc1ccc2c(c1F)CCNC2.Cl. The molecule has 0 aromatic heterocycles. The molecule has 1 unspecified atom stereocenters. The van der Waals surface area contributed by atoms with Gasteiger partial charge in [-0.3, -0.25) is 9.59 Å². The van der Waals surface area contributed by atoms with Crippen molar-refractivity contribution in [1.82, 2.24) is 10.6 Å². The lowest BCUT2D eigenvalue weighted by molar-refractivity contribution is -0.118. The maximum absolute atomic E-state index is 14.8. The Labute approximate surface area is 174 Å². The maximum Gasteiger partial charge on any atom is 0.254 e. The Kier molecular flexibility index (Phi) is 7.70. The number of anilines is 1. The van der Waals surface area contributed by atoms with Gasteiger partial charge in [-0.2, -0.15) is 0 Å². The highest BCUT2D eigenvalue weighted by molar-refractivity contribution is 6.01. The van der Waals surface area contributed by atoms with Gasteiger partial charge in [0.05, 0.1) is 11.3 Å². The monoisotopic (exact) mass is 423 g/mol. The van der Waals surface area contributed by atoms with E-state index in [1.807, 2.05) is 0 Å². The van der Waals surface area contributed by atoms with E-state index in [1.54, 1.807) is 26.0 Å². The molecule has 0 spiro atoms. The van der Waals surface area contributed by atoms with Gasteiger partial charge in [-0.15, -0.1) is 12.4 Å². The molecule has 3 rings (SSSR count). The lowest BCUT2D eigenvalue weighted by Gasteiger charge is -2.23. The summed E-state index contributed by atoms with van der Waals surface area (Å²) in [7, 11) is 0. The van der Waals surface area contributed by atoms with E-state index in [9.17, 15) is 18.4 Å². The van der Waals surface area contributed by atoms with Crippen LogP contribution in [-0.4, -0.2) is 24.4 Å². The van der Waals surface area contributed by atoms with E-state index in [2.05, 4.69) is 16.0 Å². The summed E-state index contributed by atoms with van der Waals surface area (Å²) in [5.74, 6) is -2.63. The zero-order valence-corrected chi connectivity index (χ0v) is 17.0. The first kappa shape index (κ1) is 22.8. The molecular formula is C21H24ClF2N3O2. The molecule has 0 radical (unpaired) electrons. The van der Waals surface area contributed by atoms with Crippen molar-refractivity contribution in [1.29, 1.82) is 0 Å². The van der Waals surface area contributed by atoms with Crippen molar-refractivity contribution >= 4 is 29.9 Å². The fraction of sp³-hybridized carbons (Fsp3) is 0.333.